The molecule has 0 saturated heterocycles. The predicted molar refractivity (Wildman–Crippen MR) is 94.9 cm³/mol. The van der Waals surface area contributed by atoms with Gasteiger partial charge in [-0.05, 0) is 33.8 Å². The van der Waals surface area contributed by atoms with Crippen LogP contribution >= 0.6 is 0 Å². The summed E-state index contributed by atoms with van der Waals surface area (Å²) in [5.74, 6) is 3.15. The molecule has 0 amide bonds. The molecule has 118 valence electrons. The van der Waals surface area contributed by atoms with Gasteiger partial charge in [0.1, 0.15) is 31.4 Å². The lowest BCUT2D eigenvalue weighted by Crippen LogP contribution is -2.49. The molecule has 1 unspecified atom stereocenters. The first-order valence-corrected chi connectivity index (χ1v) is 11.8. The summed E-state index contributed by atoms with van der Waals surface area (Å²) in [6, 6.07) is 0. The van der Waals surface area contributed by atoms with Gasteiger partial charge in [-0.1, -0.05) is 25.6 Å². The number of nitrogens with one attached hydrogen (secondary N) is 1. The molecule has 0 fully saturated rings. The molecule has 6 heteroatoms. The highest BCUT2D eigenvalue weighted by Gasteiger charge is 2.29. The van der Waals surface area contributed by atoms with Gasteiger partial charge in [-0.25, -0.2) is 0 Å². The fourth-order valence-electron chi connectivity index (χ4n) is 1.41. The molecule has 21 heavy (non-hydrogen) atoms. The minimum atomic E-state index is -1.36. The summed E-state index contributed by atoms with van der Waals surface area (Å²) in [5, 5.41) is 0. The largest absolute Gasteiger partial charge is 0.598 e. The number of hydrogen-bond donors (Lipinski definition) is 1. The Morgan fingerprint density at radius 3 is 2.48 bits per heavy atom. The van der Waals surface area contributed by atoms with Crippen molar-refractivity contribution in [3.63, 3.8) is 0 Å². The smallest absolute Gasteiger partial charge is 0.137 e. The second-order valence-electron chi connectivity index (χ2n) is 7.19. The van der Waals surface area contributed by atoms with Gasteiger partial charge in [-0.3, -0.25) is 4.99 Å². The lowest BCUT2D eigenvalue weighted by molar-refractivity contribution is 0.283. The molecule has 0 aromatic rings. The number of nitrogens with zero attached hydrogens (tertiary/aromatic N) is 2. The molecule has 1 N–H and O–H groups in total. The normalized spacial score (nSPS) is 18.7. The Labute approximate surface area is 133 Å². The van der Waals surface area contributed by atoms with Crippen LogP contribution in [0.3, 0.4) is 0 Å². The fraction of sp³-hybridized carbons (Fsp3) is 0.667. The molecule has 0 radical (unpaired) electrons. The minimum absolute atomic E-state index is 0.0310. The highest BCUT2D eigenvalue weighted by molar-refractivity contribution is 7.90. The van der Waals surface area contributed by atoms with E-state index in [0.717, 1.165) is 5.71 Å². The minimum Gasteiger partial charge on any atom is -0.598 e. The van der Waals surface area contributed by atoms with Crippen LogP contribution in [-0.2, 0) is 11.4 Å². The van der Waals surface area contributed by atoms with Crippen LogP contribution in [0.15, 0.2) is 17.3 Å². The molecule has 0 aromatic carbocycles. The van der Waals surface area contributed by atoms with E-state index >= 15 is 0 Å². The first-order chi connectivity index (χ1) is 9.49. The van der Waals surface area contributed by atoms with Crippen LogP contribution < -0.4 is 4.72 Å². The van der Waals surface area contributed by atoms with Gasteiger partial charge >= 0.3 is 0 Å². The Balaban J connectivity index is 2.58. The molecule has 2 atom stereocenters. The van der Waals surface area contributed by atoms with Gasteiger partial charge in [0.05, 0.1) is 0 Å². The second-order valence-corrected chi connectivity index (χ2v) is 13.9. The molecule has 4 nitrogen and oxygen atoms in total. The number of aliphatic imine (C=N–C) groups is 1. The molecular weight excluding hydrogens is 298 g/mol. The topological polar surface area (TPSA) is 50.7 Å². The van der Waals surface area contributed by atoms with Crippen molar-refractivity contribution in [2.45, 2.75) is 58.2 Å². The lowest BCUT2D eigenvalue weighted by atomic mass is 10.3. The third-order valence-corrected chi connectivity index (χ3v) is 5.27. The summed E-state index contributed by atoms with van der Waals surface area (Å²) < 4.78 is 14.9. The molecule has 0 spiro atoms. The molecular formula is C15H27N3OSSi. The zero-order chi connectivity index (χ0) is 16.3. The summed E-state index contributed by atoms with van der Waals surface area (Å²) >= 11 is -1.09. The maximum atomic E-state index is 12.1. The number of allylic oxidation sites excluding steroid dienone is 1. The Hall–Kier alpha value is -0.743. The summed E-state index contributed by atoms with van der Waals surface area (Å²) in [7, 11) is -1.36. The van der Waals surface area contributed by atoms with E-state index in [2.05, 4.69) is 40.8 Å². The number of hydrogen-bond acceptors (Lipinski definition) is 4. The monoisotopic (exact) mass is 325 g/mol. The second kappa shape index (κ2) is 7.01. The van der Waals surface area contributed by atoms with E-state index in [4.69, 9.17) is 0 Å². The fourth-order valence-corrected chi connectivity index (χ4v) is 2.71. The van der Waals surface area contributed by atoms with Crippen molar-refractivity contribution in [2.24, 2.45) is 4.99 Å². The third kappa shape index (κ3) is 6.70. The van der Waals surface area contributed by atoms with Crippen LogP contribution in [0, 0.1) is 11.5 Å². The van der Waals surface area contributed by atoms with E-state index < -0.39 is 19.4 Å². The maximum absolute atomic E-state index is 12.1. The average molecular weight is 326 g/mol. The zero-order valence-corrected chi connectivity index (χ0v) is 16.0. The maximum Gasteiger partial charge on any atom is 0.137 e. The molecule has 1 aliphatic heterocycles. The van der Waals surface area contributed by atoms with Crippen LogP contribution in [0.5, 0.6) is 0 Å². The van der Waals surface area contributed by atoms with Gasteiger partial charge in [0.25, 0.3) is 0 Å². The van der Waals surface area contributed by atoms with Crippen LogP contribution in [0.4, 0.5) is 0 Å². The van der Waals surface area contributed by atoms with Crippen LogP contribution in [0.25, 0.3) is 0 Å². The van der Waals surface area contributed by atoms with Crippen molar-refractivity contribution in [1.82, 2.24) is 9.62 Å². The van der Waals surface area contributed by atoms with Crippen molar-refractivity contribution in [3.8, 4) is 11.5 Å². The van der Waals surface area contributed by atoms with Gasteiger partial charge in [0.2, 0.25) is 0 Å². The Morgan fingerprint density at radius 2 is 2.05 bits per heavy atom. The quantitative estimate of drug-likeness (QED) is 0.493. The molecule has 0 aliphatic carbocycles. The van der Waals surface area contributed by atoms with Crippen molar-refractivity contribution < 1.29 is 4.55 Å². The van der Waals surface area contributed by atoms with Crippen molar-refractivity contribution in [3.05, 3.63) is 12.3 Å². The van der Waals surface area contributed by atoms with Gasteiger partial charge in [0, 0.05) is 17.6 Å². The molecule has 0 bridgehead atoms. The van der Waals surface area contributed by atoms with Gasteiger partial charge < -0.3 is 9.45 Å². The summed E-state index contributed by atoms with van der Waals surface area (Å²) in [6.07, 6.45) is 3.87. The molecule has 1 heterocycles. The predicted octanol–water partition coefficient (Wildman–Crippen LogP) is 2.49. The summed E-state index contributed by atoms with van der Waals surface area (Å²) in [4.78, 5) is 6.49. The Kier molecular flexibility index (Phi) is 6.11. The van der Waals surface area contributed by atoms with E-state index in [9.17, 15) is 4.55 Å². The number of rotatable bonds is 3. The van der Waals surface area contributed by atoms with Crippen molar-refractivity contribution in [1.29, 1.82) is 0 Å². The van der Waals surface area contributed by atoms with E-state index in [-0.39, 0.29) is 10.9 Å². The molecule has 0 aromatic heterocycles. The molecule has 0 saturated carbocycles. The van der Waals surface area contributed by atoms with Crippen molar-refractivity contribution >= 4 is 25.1 Å². The SMILES string of the molecule is CC(N[S@+]([O-])C(C)(C)C)N1C=CC(C#C[Si](C)(C)C)=NC1. The third-order valence-electron chi connectivity index (χ3n) is 2.73. The van der Waals surface area contributed by atoms with Crippen molar-refractivity contribution in [2.75, 3.05) is 6.67 Å². The first kappa shape index (κ1) is 18.3. The summed E-state index contributed by atoms with van der Waals surface area (Å²) in [5.41, 5.74) is 4.14. The molecule has 1 aliphatic rings. The first-order valence-electron chi connectivity index (χ1n) is 7.19. The Bertz CT molecular complexity index is 480. The highest BCUT2D eigenvalue weighted by Crippen LogP contribution is 2.15. The van der Waals surface area contributed by atoms with E-state index in [1.807, 2.05) is 44.9 Å². The standard InChI is InChI=1S/C15H27N3OSSi/c1-13(17-20(19)15(2,3)4)18-10-8-14(16-12-18)9-11-21(5,6)7/h8,10,13,17H,12H2,1-7H3/t13?,20-/m1/s1. The van der Waals surface area contributed by atoms with E-state index in [1.165, 1.54) is 0 Å². The highest BCUT2D eigenvalue weighted by atomic mass is 32.2. The van der Waals surface area contributed by atoms with Crippen LogP contribution in [0.1, 0.15) is 27.7 Å². The lowest BCUT2D eigenvalue weighted by Gasteiger charge is -2.32. The summed E-state index contributed by atoms with van der Waals surface area (Å²) in [6.45, 7) is 15.0. The van der Waals surface area contributed by atoms with Gasteiger partial charge in [-0.15, -0.1) is 10.3 Å². The van der Waals surface area contributed by atoms with E-state index in [1.54, 1.807) is 0 Å². The van der Waals surface area contributed by atoms with Gasteiger partial charge in [0.15, 0.2) is 0 Å². The zero-order valence-electron chi connectivity index (χ0n) is 14.2. The van der Waals surface area contributed by atoms with Crippen LogP contribution in [0.2, 0.25) is 19.6 Å². The average Bonchev–Trinajstić information content (AvgIpc) is 2.35. The van der Waals surface area contributed by atoms with Crippen LogP contribution in [-0.4, -0.2) is 40.8 Å². The Morgan fingerprint density at radius 1 is 1.43 bits per heavy atom. The molecule has 1 rings (SSSR count). The van der Waals surface area contributed by atoms with E-state index in [0.29, 0.717) is 6.67 Å². The van der Waals surface area contributed by atoms with Gasteiger partial charge in [-0.2, -0.15) is 0 Å².